The quantitative estimate of drug-likeness (QED) is 0.807. The third-order valence-electron chi connectivity index (χ3n) is 3.33. The van der Waals surface area contributed by atoms with Crippen molar-refractivity contribution in [3.8, 4) is 0 Å². The summed E-state index contributed by atoms with van der Waals surface area (Å²) in [7, 11) is -2.98. The number of sulfonamides is 1. The van der Waals surface area contributed by atoms with Crippen LogP contribution in [0.2, 0.25) is 0 Å². The molecule has 2 saturated carbocycles. The van der Waals surface area contributed by atoms with Crippen LogP contribution in [0.15, 0.2) is 0 Å². The van der Waals surface area contributed by atoms with Gasteiger partial charge in [0.2, 0.25) is 10.0 Å². The molecule has 1 N–H and O–H groups in total. The van der Waals surface area contributed by atoms with Crippen LogP contribution in [0.5, 0.6) is 0 Å². The number of hydrogen-bond donors (Lipinski definition) is 1. The van der Waals surface area contributed by atoms with Gasteiger partial charge in [-0.1, -0.05) is 28.8 Å². The van der Waals surface area contributed by atoms with Crippen molar-refractivity contribution in [1.29, 1.82) is 0 Å². The smallest absolute Gasteiger partial charge is 0.214 e. The standard InChI is InChI=1S/C10H18BrNO2S/c11-10-4-2-1-3-8(10)7-12-15(13,14)9-5-6-9/h8-10,12H,1-7H2. The molecule has 3 nitrogen and oxygen atoms in total. The molecule has 2 unspecified atom stereocenters. The molecule has 0 saturated heterocycles. The molecule has 0 aromatic rings. The zero-order chi connectivity index (χ0) is 10.9. The summed E-state index contributed by atoms with van der Waals surface area (Å²) in [4.78, 5) is 0.494. The topological polar surface area (TPSA) is 46.2 Å². The molecule has 0 bridgehead atoms. The minimum atomic E-state index is -2.98. The van der Waals surface area contributed by atoms with Crippen molar-refractivity contribution in [1.82, 2.24) is 4.72 Å². The van der Waals surface area contributed by atoms with E-state index in [0.717, 1.165) is 19.3 Å². The second-order valence-electron chi connectivity index (χ2n) is 4.65. The van der Waals surface area contributed by atoms with E-state index in [2.05, 4.69) is 20.7 Å². The van der Waals surface area contributed by atoms with Gasteiger partial charge in [-0.2, -0.15) is 0 Å². The van der Waals surface area contributed by atoms with Crippen LogP contribution in [0.25, 0.3) is 0 Å². The van der Waals surface area contributed by atoms with Gasteiger partial charge in [0.1, 0.15) is 0 Å². The Morgan fingerprint density at radius 3 is 2.40 bits per heavy atom. The number of nitrogens with one attached hydrogen (secondary N) is 1. The Morgan fingerprint density at radius 1 is 1.13 bits per heavy atom. The Balaban J connectivity index is 1.81. The van der Waals surface area contributed by atoms with Gasteiger partial charge < -0.3 is 0 Å². The Kier molecular flexibility index (Phi) is 3.73. The summed E-state index contributed by atoms with van der Waals surface area (Å²) in [5, 5.41) is -0.0881. The molecule has 0 heterocycles. The first-order valence-corrected chi connectivity index (χ1v) is 8.18. The van der Waals surface area contributed by atoms with E-state index in [4.69, 9.17) is 0 Å². The summed E-state index contributed by atoms with van der Waals surface area (Å²) in [5.74, 6) is 0.479. The van der Waals surface area contributed by atoms with Crippen LogP contribution >= 0.6 is 15.9 Å². The number of hydrogen-bond acceptors (Lipinski definition) is 2. The van der Waals surface area contributed by atoms with E-state index in [-0.39, 0.29) is 5.25 Å². The van der Waals surface area contributed by atoms with Crippen LogP contribution in [0.1, 0.15) is 38.5 Å². The minimum absolute atomic E-state index is 0.0881. The maximum absolute atomic E-state index is 11.6. The van der Waals surface area contributed by atoms with E-state index in [1.165, 1.54) is 19.3 Å². The highest BCUT2D eigenvalue weighted by molar-refractivity contribution is 9.09. The van der Waals surface area contributed by atoms with E-state index in [0.29, 0.717) is 17.3 Å². The monoisotopic (exact) mass is 295 g/mol. The first-order valence-electron chi connectivity index (χ1n) is 5.72. The van der Waals surface area contributed by atoms with Gasteiger partial charge in [0.05, 0.1) is 5.25 Å². The van der Waals surface area contributed by atoms with Crippen LogP contribution in [0, 0.1) is 5.92 Å². The Bertz CT molecular complexity index is 313. The van der Waals surface area contributed by atoms with Crippen LogP contribution in [0.4, 0.5) is 0 Å². The van der Waals surface area contributed by atoms with Crippen molar-refractivity contribution < 1.29 is 8.42 Å². The molecule has 0 aromatic heterocycles. The molecule has 88 valence electrons. The molecule has 2 atom stereocenters. The molecule has 2 aliphatic rings. The molecule has 2 aliphatic carbocycles. The minimum Gasteiger partial charge on any atom is -0.215 e. The second-order valence-corrected chi connectivity index (χ2v) is 7.87. The van der Waals surface area contributed by atoms with E-state index >= 15 is 0 Å². The zero-order valence-electron chi connectivity index (χ0n) is 8.78. The lowest BCUT2D eigenvalue weighted by Crippen LogP contribution is -2.36. The van der Waals surface area contributed by atoms with Gasteiger partial charge in [-0.3, -0.25) is 0 Å². The van der Waals surface area contributed by atoms with Gasteiger partial charge in [0.15, 0.2) is 0 Å². The van der Waals surface area contributed by atoms with Gasteiger partial charge in [0.25, 0.3) is 0 Å². The predicted molar refractivity (Wildman–Crippen MR) is 64.6 cm³/mol. The first-order chi connectivity index (χ1) is 7.09. The Morgan fingerprint density at radius 2 is 1.80 bits per heavy atom. The van der Waals surface area contributed by atoms with E-state index in [1.807, 2.05) is 0 Å². The number of rotatable bonds is 4. The van der Waals surface area contributed by atoms with Gasteiger partial charge in [-0.05, 0) is 31.6 Å². The van der Waals surface area contributed by atoms with E-state index in [9.17, 15) is 8.42 Å². The highest BCUT2D eigenvalue weighted by atomic mass is 79.9. The van der Waals surface area contributed by atoms with Crippen molar-refractivity contribution >= 4 is 26.0 Å². The highest BCUT2D eigenvalue weighted by Crippen LogP contribution is 2.31. The molecule has 0 spiro atoms. The maximum Gasteiger partial charge on any atom is 0.214 e. The number of alkyl halides is 1. The van der Waals surface area contributed by atoms with Gasteiger partial charge in [-0.15, -0.1) is 0 Å². The Hall–Kier alpha value is 0.390. The lowest BCUT2D eigenvalue weighted by molar-refractivity contribution is 0.373. The SMILES string of the molecule is O=S(=O)(NCC1CCCCC1Br)C1CC1. The number of halogens is 1. The van der Waals surface area contributed by atoms with Crippen molar-refractivity contribution in [2.24, 2.45) is 5.92 Å². The van der Waals surface area contributed by atoms with E-state index < -0.39 is 10.0 Å². The van der Waals surface area contributed by atoms with Crippen LogP contribution < -0.4 is 4.72 Å². The lowest BCUT2D eigenvalue weighted by atomic mass is 9.89. The lowest BCUT2D eigenvalue weighted by Gasteiger charge is -2.27. The largest absolute Gasteiger partial charge is 0.215 e. The molecule has 0 amide bonds. The van der Waals surface area contributed by atoms with Gasteiger partial charge >= 0.3 is 0 Å². The first kappa shape index (κ1) is 11.9. The van der Waals surface area contributed by atoms with Crippen molar-refractivity contribution in [3.63, 3.8) is 0 Å². The third kappa shape index (κ3) is 3.17. The average molecular weight is 296 g/mol. The van der Waals surface area contributed by atoms with Crippen molar-refractivity contribution in [3.05, 3.63) is 0 Å². The molecule has 15 heavy (non-hydrogen) atoms. The fourth-order valence-corrected chi connectivity index (χ4v) is 4.33. The summed E-state index contributed by atoms with van der Waals surface area (Å²) in [6, 6.07) is 0. The van der Waals surface area contributed by atoms with E-state index in [1.54, 1.807) is 0 Å². The van der Waals surface area contributed by atoms with Crippen molar-refractivity contribution in [2.75, 3.05) is 6.54 Å². The summed E-state index contributed by atoms with van der Waals surface area (Å²) >= 11 is 3.64. The van der Waals surface area contributed by atoms with Gasteiger partial charge in [0, 0.05) is 11.4 Å². The Labute approximate surface area is 100 Å². The zero-order valence-corrected chi connectivity index (χ0v) is 11.2. The normalized spacial score (nSPS) is 32.9. The molecular formula is C10H18BrNO2S. The summed E-state index contributed by atoms with van der Waals surface area (Å²) in [5.41, 5.74) is 0. The van der Waals surface area contributed by atoms with Crippen LogP contribution in [0.3, 0.4) is 0 Å². The highest BCUT2D eigenvalue weighted by Gasteiger charge is 2.36. The molecule has 2 fully saturated rings. The van der Waals surface area contributed by atoms with Gasteiger partial charge in [-0.25, -0.2) is 13.1 Å². The average Bonchev–Trinajstić information content (AvgIpc) is 3.00. The fraction of sp³-hybridized carbons (Fsp3) is 1.00. The molecular weight excluding hydrogens is 278 g/mol. The predicted octanol–water partition coefficient (Wildman–Crippen LogP) is 2.02. The molecule has 5 heteroatoms. The third-order valence-corrected chi connectivity index (χ3v) is 6.45. The molecule has 0 aromatic carbocycles. The molecule has 0 radical (unpaired) electrons. The summed E-state index contributed by atoms with van der Waals surface area (Å²) in [6.07, 6.45) is 6.51. The fourth-order valence-electron chi connectivity index (χ4n) is 2.11. The van der Waals surface area contributed by atoms with Crippen LogP contribution in [-0.2, 0) is 10.0 Å². The summed E-state index contributed by atoms with van der Waals surface area (Å²) < 4.78 is 26.0. The second kappa shape index (κ2) is 4.72. The molecule has 2 rings (SSSR count). The molecule has 0 aliphatic heterocycles. The summed E-state index contributed by atoms with van der Waals surface area (Å²) in [6.45, 7) is 0.620. The maximum atomic E-state index is 11.6. The van der Waals surface area contributed by atoms with Crippen molar-refractivity contribution in [2.45, 2.75) is 48.6 Å². The van der Waals surface area contributed by atoms with Crippen LogP contribution in [-0.4, -0.2) is 25.0 Å².